The predicted octanol–water partition coefficient (Wildman–Crippen LogP) is 1.67. The number of benzene rings is 1. The maximum atomic E-state index is 8.40. The summed E-state index contributed by atoms with van der Waals surface area (Å²) in [6.45, 7) is 0.405. The van der Waals surface area contributed by atoms with Gasteiger partial charge in [-0.25, -0.2) is 0 Å². The van der Waals surface area contributed by atoms with Crippen molar-refractivity contribution in [3.63, 3.8) is 0 Å². The lowest BCUT2D eigenvalue weighted by Gasteiger charge is -1.95. The fourth-order valence-corrected chi connectivity index (χ4v) is 0.812. The van der Waals surface area contributed by atoms with Crippen LogP contribution >= 0.6 is 0 Å². The molecule has 1 N–H and O–H groups in total. The van der Waals surface area contributed by atoms with Gasteiger partial charge < -0.3 is 9.84 Å². The average Bonchev–Trinajstić information content (AvgIpc) is 2.14. The molecule has 0 aliphatic heterocycles. The number of rotatable bonds is 4. The fourth-order valence-electron chi connectivity index (χ4n) is 0.812. The van der Waals surface area contributed by atoms with Gasteiger partial charge in [0.2, 0.25) is 0 Å². The van der Waals surface area contributed by atoms with Crippen molar-refractivity contribution in [2.24, 2.45) is 0 Å². The van der Waals surface area contributed by atoms with Crippen LogP contribution in [0.25, 0.3) is 6.08 Å². The highest BCUT2D eigenvalue weighted by molar-refractivity contribution is 5.47. The zero-order valence-corrected chi connectivity index (χ0v) is 6.81. The zero-order chi connectivity index (χ0) is 8.65. The molecule has 1 aromatic carbocycles. The summed E-state index contributed by atoms with van der Waals surface area (Å²) in [5.41, 5.74) is 1.09. The summed E-state index contributed by atoms with van der Waals surface area (Å²) in [5.74, 6) is 0. The molecule has 12 heavy (non-hydrogen) atoms. The Morgan fingerprint density at radius 2 is 2.00 bits per heavy atom. The Bertz CT molecular complexity index is 229. The lowest BCUT2D eigenvalue weighted by atomic mass is 10.2. The molecule has 0 amide bonds. The third-order valence-electron chi connectivity index (χ3n) is 1.37. The molecule has 0 atom stereocenters. The minimum atomic E-state index is 0.0547. The summed E-state index contributed by atoms with van der Waals surface area (Å²) < 4.78 is 4.96. The molecule has 0 saturated heterocycles. The van der Waals surface area contributed by atoms with Crippen molar-refractivity contribution in [2.45, 2.75) is 0 Å². The first kappa shape index (κ1) is 8.81. The topological polar surface area (TPSA) is 29.5 Å². The van der Waals surface area contributed by atoms with Crippen LogP contribution in [0.4, 0.5) is 0 Å². The van der Waals surface area contributed by atoms with Crippen molar-refractivity contribution >= 4 is 6.08 Å². The Labute approximate surface area is 72.1 Å². The van der Waals surface area contributed by atoms with Crippen LogP contribution in [0.1, 0.15) is 5.56 Å². The van der Waals surface area contributed by atoms with Gasteiger partial charge in [0, 0.05) is 0 Å². The molecule has 0 aliphatic rings. The van der Waals surface area contributed by atoms with Crippen LogP contribution in [-0.4, -0.2) is 18.3 Å². The molecule has 0 radical (unpaired) electrons. The molecule has 0 aromatic heterocycles. The van der Waals surface area contributed by atoms with E-state index >= 15 is 0 Å². The first-order chi connectivity index (χ1) is 5.93. The molecular formula is C10H12O2. The molecule has 64 valence electrons. The standard InChI is InChI=1S/C10H12O2/c11-7-9-12-8-6-10-4-2-1-3-5-10/h1-6,8,11H,7,9H2/b8-6+. The van der Waals surface area contributed by atoms with E-state index in [1.807, 2.05) is 36.4 Å². The lowest BCUT2D eigenvalue weighted by Crippen LogP contribution is -1.91. The minimum Gasteiger partial charge on any atom is -0.499 e. The molecule has 2 heteroatoms. The van der Waals surface area contributed by atoms with Gasteiger partial charge in [0.25, 0.3) is 0 Å². The summed E-state index contributed by atoms with van der Waals surface area (Å²) in [5, 5.41) is 8.40. The van der Waals surface area contributed by atoms with Gasteiger partial charge in [0.1, 0.15) is 6.61 Å². The van der Waals surface area contributed by atoms with E-state index in [1.54, 1.807) is 6.26 Å². The van der Waals surface area contributed by atoms with Crippen molar-refractivity contribution < 1.29 is 9.84 Å². The van der Waals surface area contributed by atoms with E-state index in [1.165, 1.54) is 0 Å². The van der Waals surface area contributed by atoms with Gasteiger partial charge in [0.15, 0.2) is 0 Å². The van der Waals surface area contributed by atoms with Crippen LogP contribution in [0.5, 0.6) is 0 Å². The van der Waals surface area contributed by atoms with Gasteiger partial charge in [-0.2, -0.15) is 0 Å². The highest BCUT2D eigenvalue weighted by Gasteiger charge is 1.81. The van der Waals surface area contributed by atoms with Crippen molar-refractivity contribution in [1.82, 2.24) is 0 Å². The molecule has 0 bridgehead atoms. The molecule has 0 fully saturated rings. The summed E-state index contributed by atoms with van der Waals surface area (Å²) >= 11 is 0. The average molecular weight is 164 g/mol. The van der Waals surface area contributed by atoms with Gasteiger partial charge in [-0.1, -0.05) is 30.3 Å². The highest BCUT2D eigenvalue weighted by Crippen LogP contribution is 2.00. The largest absolute Gasteiger partial charge is 0.499 e. The molecule has 1 rings (SSSR count). The molecule has 0 unspecified atom stereocenters. The van der Waals surface area contributed by atoms with Crippen molar-refractivity contribution in [3.8, 4) is 0 Å². The zero-order valence-electron chi connectivity index (χ0n) is 6.81. The van der Waals surface area contributed by atoms with Crippen LogP contribution in [-0.2, 0) is 4.74 Å². The SMILES string of the molecule is OCCO/C=C/c1ccccc1. The number of aliphatic hydroxyl groups is 1. The molecule has 1 aromatic rings. The van der Waals surface area contributed by atoms with Crippen LogP contribution in [0.2, 0.25) is 0 Å². The first-order valence-electron chi connectivity index (χ1n) is 3.87. The molecule has 0 spiro atoms. The molecular weight excluding hydrogens is 152 g/mol. The first-order valence-corrected chi connectivity index (χ1v) is 3.87. The maximum absolute atomic E-state index is 8.40. The van der Waals surface area contributed by atoms with Crippen molar-refractivity contribution in [2.75, 3.05) is 13.2 Å². The summed E-state index contributed by atoms with van der Waals surface area (Å²) in [6, 6.07) is 9.86. The van der Waals surface area contributed by atoms with E-state index in [9.17, 15) is 0 Å². The van der Waals surface area contributed by atoms with E-state index < -0.39 is 0 Å². The normalized spacial score (nSPS) is 10.4. The monoisotopic (exact) mass is 164 g/mol. The number of aliphatic hydroxyl groups excluding tert-OH is 1. The fraction of sp³-hybridized carbons (Fsp3) is 0.200. The summed E-state index contributed by atoms with van der Waals surface area (Å²) in [6.07, 6.45) is 3.45. The molecule has 0 saturated carbocycles. The van der Waals surface area contributed by atoms with Gasteiger partial charge >= 0.3 is 0 Å². The Morgan fingerprint density at radius 3 is 2.67 bits per heavy atom. The second kappa shape index (κ2) is 5.38. The van der Waals surface area contributed by atoms with Gasteiger partial charge in [-0.05, 0) is 11.6 Å². The quantitative estimate of drug-likeness (QED) is 0.541. The highest BCUT2D eigenvalue weighted by atomic mass is 16.5. The van der Waals surface area contributed by atoms with Crippen LogP contribution in [0, 0.1) is 0 Å². The van der Waals surface area contributed by atoms with Crippen molar-refractivity contribution in [1.29, 1.82) is 0 Å². The van der Waals surface area contributed by atoms with E-state index in [0.29, 0.717) is 6.61 Å². The number of hydrogen-bond acceptors (Lipinski definition) is 2. The smallest absolute Gasteiger partial charge is 0.110 e. The number of hydrogen-bond donors (Lipinski definition) is 1. The maximum Gasteiger partial charge on any atom is 0.110 e. The number of ether oxygens (including phenoxy) is 1. The second-order valence-corrected chi connectivity index (χ2v) is 2.31. The summed E-state index contributed by atoms with van der Waals surface area (Å²) in [7, 11) is 0. The van der Waals surface area contributed by atoms with Crippen LogP contribution in [0.3, 0.4) is 0 Å². The van der Waals surface area contributed by atoms with Gasteiger partial charge in [-0.3, -0.25) is 0 Å². The minimum absolute atomic E-state index is 0.0547. The van der Waals surface area contributed by atoms with E-state index in [4.69, 9.17) is 9.84 Å². The Hall–Kier alpha value is -1.28. The molecule has 2 nitrogen and oxygen atoms in total. The lowest BCUT2D eigenvalue weighted by molar-refractivity contribution is 0.167. The van der Waals surface area contributed by atoms with Crippen molar-refractivity contribution in [3.05, 3.63) is 42.2 Å². The van der Waals surface area contributed by atoms with Crippen LogP contribution < -0.4 is 0 Å². The molecule has 0 aliphatic carbocycles. The Morgan fingerprint density at radius 1 is 1.25 bits per heavy atom. The van der Waals surface area contributed by atoms with Gasteiger partial charge in [0.05, 0.1) is 12.9 Å². The van der Waals surface area contributed by atoms with Crippen LogP contribution in [0.15, 0.2) is 36.6 Å². The Balaban J connectivity index is 2.36. The Kier molecular flexibility index (Phi) is 3.95. The predicted molar refractivity (Wildman–Crippen MR) is 48.5 cm³/mol. The third kappa shape index (κ3) is 3.21. The van der Waals surface area contributed by atoms with Gasteiger partial charge in [-0.15, -0.1) is 0 Å². The summed E-state index contributed by atoms with van der Waals surface area (Å²) in [4.78, 5) is 0. The van der Waals surface area contributed by atoms with E-state index in [2.05, 4.69) is 0 Å². The molecule has 0 heterocycles. The van der Waals surface area contributed by atoms with E-state index in [-0.39, 0.29) is 6.61 Å². The third-order valence-corrected chi connectivity index (χ3v) is 1.37. The van der Waals surface area contributed by atoms with E-state index in [0.717, 1.165) is 5.56 Å². The second-order valence-electron chi connectivity index (χ2n) is 2.31.